The molecule has 1 fully saturated rings. The van der Waals surface area contributed by atoms with Crippen LogP contribution in [-0.4, -0.2) is 52.3 Å². The predicted molar refractivity (Wildman–Crippen MR) is 127 cm³/mol. The zero-order valence-corrected chi connectivity index (χ0v) is 19.5. The van der Waals surface area contributed by atoms with Gasteiger partial charge in [0.2, 0.25) is 5.91 Å². The van der Waals surface area contributed by atoms with Crippen LogP contribution in [0.2, 0.25) is 5.02 Å². The van der Waals surface area contributed by atoms with E-state index < -0.39 is 0 Å². The van der Waals surface area contributed by atoms with Crippen molar-refractivity contribution in [3.8, 4) is 17.1 Å². The van der Waals surface area contributed by atoms with Gasteiger partial charge in [0.25, 0.3) is 0 Å². The van der Waals surface area contributed by atoms with Crippen molar-refractivity contribution in [3.63, 3.8) is 0 Å². The summed E-state index contributed by atoms with van der Waals surface area (Å²) in [5.41, 5.74) is 1.88. The van der Waals surface area contributed by atoms with Crippen molar-refractivity contribution in [2.75, 3.05) is 26.7 Å². The highest BCUT2D eigenvalue weighted by Crippen LogP contribution is 2.29. The van der Waals surface area contributed by atoms with Crippen molar-refractivity contribution in [3.05, 3.63) is 63.9 Å². The number of aromatic amines is 1. The lowest BCUT2D eigenvalue weighted by Crippen LogP contribution is -2.38. The molecule has 1 atom stereocenters. The summed E-state index contributed by atoms with van der Waals surface area (Å²) in [6.45, 7) is 2.55. The van der Waals surface area contributed by atoms with Gasteiger partial charge in [-0.3, -0.25) is 19.4 Å². The first-order valence-corrected chi connectivity index (χ1v) is 11.4. The Bertz CT molecular complexity index is 1120. The Labute approximate surface area is 197 Å². The van der Waals surface area contributed by atoms with E-state index in [1.165, 1.54) is 0 Å². The van der Waals surface area contributed by atoms with Gasteiger partial charge in [0.15, 0.2) is 10.6 Å². The van der Waals surface area contributed by atoms with Gasteiger partial charge in [-0.1, -0.05) is 29.8 Å². The molecule has 32 heavy (non-hydrogen) atoms. The van der Waals surface area contributed by atoms with E-state index in [9.17, 15) is 4.79 Å². The number of benzene rings is 2. The number of amides is 1. The van der Waals surface area contributed by atoms with E-state index in [2.05, 4.69) is 20.4 Å². The fourth-order valence-electron chi connectivity index (χ4n) is 4.07. The Hall–Kier alpha value is -2.68. The van der Waals surface area contributed by atoms with E-state index in [0.717, 1.165) is 47.8 Å². The molecule has 1 aliphatic heterocycles. The van der Waals surface area contributed by atoms with E-state index in [1.807, 2.05) is 48.5 Å². The molecule has 1 aromatic heterocycles. The number of rotatable bonds is 8. The molecule has 1 saturated heterocycles. The monoisotopic (exact) mass is 471 g/mol. The number of hydrogen-bond donors (Lipinski definition) is 2. The van der Waals surface area contributed by atoms with E-state index in [-0.39, 0.29) is 18.5 Å². The Morgan fingerprint density at radius 1 is 1.22 bits per heavy atom. The largest absolute Gasteiger partial charge is 0.497 e. The SMILES string of the molecule is COc1ccc(-c2n[nH]c(=S)n2CC(=O)NCC(c2ccccc2Cl)N2CCCC2)cc1. The summed E-state index contributed by atoms with van der Waals surface area (Å²) in [6.07, 6.45) is 2.31. The Morgan fingerprint density at radius 3 is 2.62 bits per heavy atom. The third-order valence-corrected chi connectivity index (χ3v) is 6.40. The number of likely N-dealkylation sites (tertiary alicyclic amines) is 1. The molecular weight excluding hydrogens is 446 g/mol. The maximum atomic E-state index is 12.9. The highest BCUT2D eigenvalue weighted by Gasteiger charge is 2.25. The Kier molecular flexibility index (Phi) is 7.24. The average Bonchev–Trinajstić information content (AvgIpc) is 3.46. The molecule has 1 unspecified atom stereocenters. The van der Waals surface area contributed by atoms with Gasteiger partial charge in [-0.2, -0.15) is 5.10 Å². The van der Waals surface area contributed by atoms with E-state index in [0.29, 0.717) is 17.1 Å². The second-order valence-electron chi connectivity index (χ2n) is 7.75. The van der Waals surface area contributed by atoms with Crippen molar-refractivity contribution >= 4 is 29.7 Å². The first kappa shape index (κ1) is 22.5. The number of carbonyl (C=O) groups is 1. The predicted octanol–water partition coefficient (Wildman–Crippen LogP) is 4.22. The van der Waals surface area contributed by atoms with Crippen molar-refractivity contribution in [1.82, 2.24) is 25.0 Å². The van der Waals surface area contributed by atoms with Crippen LogP contribution >= 0.6 is 23.8 Å². The Morgan fingerprint density at radius 2 is 1.94 bits per heavy atom. The van der Waals surface area contributed by atoms with Gasteiger partial charge < -0.3 is 10.1 Å². The second-order valence-corrected chi connectivity index (χ2v) is 8.55. The highest BCUT2D eigenvalue weighted by atomic mass is 35.5. The van der Waals surface area contributed by atoms with Gasteiger partial charge in [-0.25, -0.2) is 0 Å². The number of nitrogens with zero attached hydrogens (tertiary/aromatic N) is 3. The molecule has 168 valence electrons. The lowest BCUT2D eigenvalue weighted by molar-refractivity contribution is -0.121. The van der Waals surface area contributed by atoms with Crippen LogP contribution in [0.4, 0.5) is 0 Å². The molecule has 2 N–H and O–H groups in total. The molecule has 0 saturated carbocycles. The first-order chi connectivity index (χ1) is 15.6. The Balaban J connectivity index is 1.48. The van der Waals surface area contributed by atoms with Crippen molar-refractivity contribution < 1.29 is 9.53 Å². The molecule has 0 radical (unpaired) electrons. The summed E-state index contributed by atoms with van der Waals surface area (Å²) in [6, 6.07) is 15.3. The highest BCUT2D eigenvalue weighted by molar-refractivity contribution is 7.71. The molecule has 3 aromatic rings. The number of ether oxygens (including phenoxy) is 1. The number of nitrogens with one attached hydrogen (secondary N) is 2. The second kappa shape index (κ2) is 10.3. The minimum atomic E-state index is -0.131. The van der Waals surface area contributed by atoms with Crippen LogP contribution in [0.1, 0.15) is 24.4 Å². The fraction of sp³-hybridized carbons (Fsp3) is 0.348. The van der Waals surface area contributed by atoms with Gasteiger partial charge in [0.05, 0.1) is 13.2 Å². The zero-order chi connectivity index (χ0) is 22.5. The fourth-order valence-corrected chi connectivity index (χ4v) is 4.53. The van der Waals surface area contributed by atoms with Crippen LogP contribution in [0.3, 0.4) is 0 Å². The number of H-pyrrole nitrogens is 1. The molecule has 4 rings (SSSR count). The third kappa shape index (κ3) is 5.03. The van der Waals surface area contributed by atoms with Crippen LogP contribution in [-0.2, 0) is 11.3 Å². The van der Waals surface area contributed by atoms with Crippen LogP contribution < -0.4 is 10.1 Å². The average molecular weight is 472 g/mol. The molecule has 9 heteroatoms. The van der Waals surface area contributed by atoms with Crippen molar-refractivity contribution in [2.24, 2.45) is 0 Å². The number of halogens is 1. The summed E-state index contributed by atoms with van der Waals surface area (Å²) in [4.78, 5) is 15.3. The van der Waals surface area contributed by atoms with Crippen molar-refractivity contribution in [2.45, 2.75) is 25.4 Å². The van der Waals surface area contributed by atoms with Gasteiger partial charge in [-0.15, -0.1) is 0 Å². The molecule has 0 aliphatic carbocycles. The van der Waals surface area contributed by atoms with Crippen LogP contribution in [0.5, 0.6) is 5.75 Å². The minimum absolute atomic E-state index is 0.0357. The van der Waals surface area contributed by atoms with Gasteiger partial charge >= 0.3 is 0 Å². The van der Waals surface area contributed by atoms with Crippen LogP contribution in [0.15, 0.2) is 48.5 Å². The minimum Gasteiger partial charge on any atom is -0.497 e. The first-order valence-electron chi connectivity index (χ1n) is 10.6. The normalized spacial score (nSPS) is 14.9. The summed E-state index contributed by atoms with van der Waals surface area (Å²) >= 11 is 11.9. The van der Waals surface area contributed by atoms with E-state index in [1.54, 1.807) is 11.7 Å². The van der Waals surface area contributed by atoms with Crippen LogP contribution in [0.25, 0.3) is 11.4 Å². The number of carbonyl (C=O) groups excluding carboxylic acids is 1. The summed E-state index contributed by atoms with van der Waals surface area (Å²) in [5, 5.41) is 10.9. The lowest BCUT2D eigenvalue weighted by atomic mass is 10.1. The summed E-state index contributed by atoms with van der Waals surface area (Å²) in [7, 11) is 1.62. The molecule has 1 aliphatic rings. The number of hydrogen-bond acceptors (Lipinski definition) is 5. The van der Waals surface area contributed by atoms with Gasteiger partial charge in [0, 0.05) is 17.1 Å². The molecule has 0 spiro atoms. The van der Waals surface area contributed by atoms with E-state index in [4.69, 9.17) is 28.6 Å². The quantitative estimate of drug-likeness (QED) is 0.481. The van der Waals surface area contributed by atoms with Gasteiger partial charge in [-0.05, 0) is 74.0 Å². The third-order valence-electron chi connectivity index (χ3n) is 5.75. The number of aromatic nitrogens is 3. The molecule has 2 heterocycles. The molecule has 0 bridgehead atoms. The van der Waals surface area contributed by atoms with Crippen molar-refractivity contribution in [1.29, 1.82) is 0 Å². The lowest BCUT2D eigenvalue weighted by Gasteiger charge is -2.29. The molecular formula is C23H26ClN5O2S. The molecule has 1 amide bonds. The van der Waals surface area contributed by atoms with E-state index >= 15 is 0 Å². The smallest absolute Gasteiger partial charge is 0.240 e. The maximum Gasteiger partial charge on any atom is 0.240 e. The van der Waals surface area contributed by atoms with Gasteiger partial charge in [0.1, 0.15) is 12.3 Å². The number of methoxy groups -OCH3 is 1. The summed E-state index contributed by atoms with van der Waals surface area (Å²) < 4.78 is 7.31. The summed E-state index contributed by atoms with van der Waals surface area (Å²) in [5.74, 6) is 1.23. The van der Waals surface area contributed by atoms with Crippen LogP contribution in [0, 0.1) is 4.77 Å². The molecule has 2 aromatic carbocycles. The standard InChI is InChI=1S/C23H26ClN5O2S/c1-31-17-10-8-16(9-11-17)22-26-27-23(32)29(22)15-21(30)25-14-20(28-12-4-5-13-28)18-6-2-3-7-19(18)24/h2-3,6-11,20H,4-5,12-15H2,1H3,(H,25,30)(H,27,32). The molecule has 7 nitrogen and oxygen atoms in total. The zero-order valence-electron chi connectivity index (χ0n) is 17.9. The maximum absolute atomic E-state index is 12.9. The topological polar surface area (TPSA) is 75.2 Å².